The van der Waals surface area contributed by atoms with Crippen molar-refractivity contribution in [3.63, 3.8) is 0 Å². The molecule has 0 saturated heterocycles. The van der Waals surface area contributed by atoms with Crippen LogP contribution >= 0.6 is 0 Å². The van der Waals surface area contributed by atoms with E-state index >= 15 is 0 Å². The van der Waals surface area contributed by atoms with Gasteiger partial charge in [-0.3, -0.25) is 9.59 Å². The van der Waals surface area contributed by atoms with Crippen molar-refractivity contribution in [1.82, 2.24) is 20.5 Å². The van der Waals surface area contributed by atoms with Gasteiger partial charge in [0.2, 0.25) is 5.91 Å². The van der Waals surface area contributed by atoms with E-state index in [0.29, 0.717) is 35.4 Å². The topological polar surface area (TPSA) is 106 Å². The van der Waals surface area contributed by atoms with E-state index in [4.69, 9.17) is 9.47 Å². The van der Waals surface area contributed by atoms with Crippen LogP contribution in [0.5, 0.6) is 11.5 Å². The third-order valence-corrected chi connectivity index (χ3v) is 4.83. The van der Waals surface area contributed by atoms with Crippen LogP contribution in [0.4, 0.5) is 0 Å². The molecule has 0 bridgehead atoms. The molecule has 1 aromatic carbocycles. The average molecular weight is 400 g/mol. The molecule has 0 aliphatic heterocycles. The van der Waals surface area contributed by atoms with Crippen LogP contribution in [0.15, 0.2) is 23.0 Å². The molecule has 8 heteroatoms. The third-order valence-electron chi connectivity index (χ3n) is 4.83. The second-order valence-electron chi connectivity index (χ2n) is 7.26. The normalized spacial score (nSPS) is 13.2. The number of aromatic nitrogens is 3. The van der Waals surface area contributed by atoms with Crippen LogP contribution in [0.25, 0.3) is 11.4 Å². The van der Waals surface area contributed by atoms with E-state index in [-0.39, 0.29) is 30.0 Å². The molecular formula is C21H28N4O4. The summed E-state index contributed by atoms with van der Waals surface area (Å²) >= 11 is 0. The number of amides is 1. The van der Waals surface area contributed by atoms with Crippen LogP contribution in [0.3, 0.4) is 0 Å². The summed E-state index contributed by atoms with van der Waals surface area (Å²) in [6.07, 6.45) is 4.86. The molecule has 1 aliphatic carbocycles. The Balaban J connectivity index is 1.64. The fourth-order valence-electron chi connectivity index (χ4n) is 2.81. The third kappa shape index (κ3) is 6.04. The Morgan fingerprint density at radius 3 is 2.79 bits per heavy atom. The number of carbonyl (C=O) groups is 1. The van der Waals surface area contributed by atoms with Crippen molar-refractivity contribution in [3.8, 4) is 22.9 Å². The minimum Gasteiger partial charge on any atom is -0.493 e. The largest absolute Gasteiger partial charge is 0.493 e. The molecule has 3 rings (SSSR count). The molecule has 1 aliphatic rings. The summed E-state index contributed by atoms with van der Waals surface area (Å²) in [5.74, 6) is 2.12. The SMILES string of the molecule is CCCCOc1ccc(-c2nnc(CCC(=O)NCC3CC3)c(=O)[nH]2)cc1OC. The molecule has 0 spiro atoms. The van der Waals surface area contributed by atoms with Gasteiger partial charge in [-0.15, -0.1) is 10.2 Å². The van der Waals surface area contributed by atoms with Crippen molar-refractivity contribution in [2.75, 3.05) is 20.3 Å². The van der Waals surface area contributed by atoms with Gasteiger partial charge in [-0.1, -0.05) is 13.3 Å². The Morgan fingerprint density at radius 2 is 2.10 bits per heavy atom. The first-order chi connectivity index (χ1) is 14.1. The van der Waals surface area contributed by atoms with Gasteiger partial charge in [0.15, 0.2) is 17.3 Å². The summed E-state index contributed by atoms with van der Waals surface area (Å²) in [5.41, 5.74) is 0.581. The van der Waals surface area contributed by atoms with Crippen molar-refractivity contribution in [2.45, 2.75) is 45.4 Å². The Labute approximate surface area is 170 Å². The highest BCUT2D eigenvalue weighted by molar-refractivity contribution is 5.76. The van der Waals surface area contributed by atoms with Crippen molar-refractivity contribution in [3.05, 3.63) is 34.2 Å². The highest BCUT2D eigenvalue weighted by Gasteiger charge is 2.21. The standard InChI is InChI=1S/C21H28N4O4/c1-3-4-11-29-17-9-7-15(12-18(17)28-2)20-23-21(27)16(24-25-20)8-10-19(26)22-13-14-5-6-14/h7,9,12,14H,3-6,8,10-11,13H2,1-2H3,(H,22,26)(H,23,25,27). The highest BCUT2D eigenvalue weighted by atomic mass is 16.5. The van der Waals surface area contributed by atoms with Crippen LogP contribution in [-0.2, 0) is 11.2 Å². The van der Waals surface area contributed by atoms with E-state index in [2.05, 4.69) is 27.4 Å². The first-order valence-electron chi connectivity index (χ1n) is 10.1. The fourth-order valence-corrected chi connectivity index (χ4v) is 2.81. The van der Waals surface area contributed by atoms with E-state index < -0.39 is 0 Å². The number of unbranched alkanes of at least 4 members (excludes halogenated alkanes) is 1. The Bertz CT molecular complexity index is 892. The zero-order valence-electron chi connectivity index (χ0n) is 17.0. The zero-order valence-corrected chi connectivity index (χ0v) is 17.0. The Morgan fingerprint density at radius 1 is 1.28 bits per heavy atom. The van der Waals surface area contributed by atoms with Gasteiger partial charge >= 0.3 is 0 Å². The molecule has 1 fully saturated rings. The second-order valence-corrected chi connectivity index (χ2v) is 7.26. The number of hydrogen-bond acceptors (Lipinski definition) is 6. The molecule has 1 amide bonds. The minimum atomic E-state index is -0.341. The maximum Gasteiger partial charge on any atom is 0.273 e. The molecule has 0 radical (unpaired) electrons. The number of rotatable bonds is 11. The monoisotopic (exact) mass is 400 g/mol. The van der Waals surface area contributed by atoms with Gasteiger partial charge in [-0.05, 0) is 43.4 Å². The van der Waals surface area contributed by atoms with E-state index in [9.17, 15) is 9.59 Å². The molecule has 0 unspecified atom stereocenters. The number of aromatic amines is 1. The van der Waals surface area contributed by atoms with Crippen LogP contribution < -0.4 is 20.3 Å². The molecular weight excluding hydrogens is 372 g/mol. The van der Waals surface area contributed by atoms with Gasteiger partial charge in [-0.25, -0.2) is 0 Å². The van der Waals surface area contributed by atoms with Crippen LogP contribution in [0, 0.1) is 5.92 Å². The summed E-state index contributed by atoms with van der Waals surface area (Å²) in [6.45, 7) is 3.44. The predicted molar refractivity (Wildman–Crippen MR) is 109 cm³/mol. The van der Waals surface area contributed by atoms with Gasteiger partial charge < -0.3 is 19.8 Å². The van der Waals surface area contributed by atoms with Gasteiger partial charge in [0.05, 0.1) is 13.7 Å². The number of aryl methyl sites for hydroxylation is 1. The van der Waals surface area contributed by atoms with Gasteiger partial charge in [0, 0.05) is 24.9 Å². The molecule has 8 nitrogen and oxygen atoms in total. The van der Waals surface area contributed by atoms with Gasteiger partial charge in [0.1, 0.15) is 5.69 Å². The van der Waals surface area contributed by atoms with Crippen LogP contribution in [0.1, 0.15) is 44.7 Å². The van der Waals surface area contributed by atoms with E-state index in [1.54, 1.807) is 25.3 Å². The molecule has 156 valence electrons. The van der Waals surface area contributed by atoms with Crippen LogP contribution in [-0.4, -0.2) is 41.3 Å². The lowest BCUT2D eigenvalue weighted by Crippen LogP contribution is -2.27. The lowest BCUT2D eigenvalue weighted by Gasteiger charge is -2.11. The molecule has 1 saturated carbocycles. The minimum absolute atomic E-state index is 0.0643. The van der Waals surface area contributed by atoms with Crippen molar-refractivity contribution < 1.29 is 14.3 Å². The number of nitrogens with zero attached hydrogens (tertiary/aromatic N) is 2. The molecule has 2 N–H and O–H groups in total. The molecule has 1 heterocycles. The zero-order chi connectivity index (χ0) is 20.6. The van der Waals surface area contributed by atoms with Gasteiger partial charge in [0.25, 0.3) is 5.56 Å². The average Bonchev–Trinajstić information content (AvgIpc) is 3.56. The quantitative estimate of drug-likeness (QED) is 0.561. The fraction of sp³-hybridized carbons (Fsp3) is 0.524. The van der Waals surface area contributed by atoms with Crippen molar-refractivity contribution in [2.24, 2.45) is 5.92 Å². The number of benzene rings is 1. The number of H-pyrrole nitrogens is 1. The lowest BCUT2D eigenvalue weighted by atomic mass is 10.2. The summed E-state index contributed by atoms with van der Waals surface area (Å²) in [4.78, 5) is 26.9. The number of methoxy groups -OCH3 is 1. The van der Waals surface area contributed by atoms with Gasteiger partial charge in [-0.2, -0.15) is 0 Å². The summed E-state index contributed by atoms with van der Waals surface area (Å²) < 4.78 is 11.1. The number of ether oxygens (including phenoxy) is 2. The van der Waals surface area contributed by atoms with Crippen molar-refractivity contribution in [1.29, 1.82) is 0 Å². The Hall–Kier alpha value is -2.90. The first-order valence-corrected chi connectivity index (χ1v) is 10.1. The lowest BCUT2D eigenvalue weighted by molar-refractivity contribution is -0.121. The summed E-state index contributed by atoms with van der Waals surface area (Å²) in [7, 11) is 1.57. The predicted octanol–water partition coefficient (Wildman–Crippen LogP) is 2.48. The number of carbonyl (C=O) groups excluding carboxylic acids is 1. The second kappa shape index (κ2) is 10.0. The van der Waals surface area contributed by atoms with Crippen molar-refractivity contribution >= 4 is 5.91 Å². The number of hydrogen-bond donors (Lipinski definition) is 2. The van der Waals surface area contributed by atoms with E-state index in [1.165, 1.54) is 12.8 Å². The molecule has 1 aromatic heterocycles. The molecule has 29 heavy (non-hydrogen) atoms. The molecule has 2 aromatic rings. The van der Waals surface area contributed by atoms with E-state index in [0.717, 1.165) is 19.4 Å². The maximum absolute atomic E-state index is 12.4. The van der Waals surface area contributed by atoms with Crippen LogP contribution in [0.2, 0.25) is 0 Å². The Kier molecular flexibility index (Phi) is 7.21. The highest BCUT2D eigenvalue weighted by Crippen LogP contribution is 2.31. The molecule has 0 atom stereocenters. The first kappa shape index (κ1) is 20.8. The summed E-state index contributed by atoms with van der Waals surface area (Å²) in [6, 6.07) is 5.35. The smallest absolute Gasteiger partial charge is 0.273 e. The van der Waals surface area contributed by atoms with E-state index in [1.807, 2.05) is 0 Å². The summed E-state index contributed by atoms with van der Waals surface area (Å²) in [5, 5.41) is 11.0. The number of nitrogens with one attached hydrogen (secondary N) is 2. The maximum atomic E-state index is 12.4.